The fraction of sp³-hybridized carbons (Fsp3) is 0.438. The number of aliphatic carboxylic acids is 1. The van der Waals surface area contributed by atoms with Crippen molar-refractivity contribution in [3.8, 4) is 0 Å². The molecule has 0 aliphatic carbocycles. The fourth-order valence-corrected chi connectivity index (χ4v) is 1.94. The SMILES string of the molecule is CC(=O)c1ccc(N(CCC(=O)O)C(=O)CC(C)C)cc1. The molecule has 1 aromatic carbocycles. The van der Waals surface area contributed by atoms with Gasteiger partial charge in [0, 0.05) is 24.2 Å². The van der Waals surface area contributed by atoms with Crippen LogP contribution >= 0.6 is 0 Å². The number of benzene rings is 1. The number of carbonyl (C=O) groups is 3. The Morgan fingerprint density at radius 3 is 2.14 bits per heavy atom. The van der Waals surface area contributed by atoms with Gasteiger partial charge in [0.05, 0.1) is 6.42 Å². The molecule has 21 heavy (non-hydrogen) atoms. The third kappa shape index (κ3) is 5.38. The van der Waals surface area contributed by atoms with Crippen LogP contribution in [-0.4, -0.2) is 29.3 Å². The number of anilines is 1. The highest BCUT2D eigenvalue weighted by Crippen LogP contribution is 2.18. The number of carboxylic acids is 1. The molecule has 1 N–H and O–H groups in total. The molecule has 0 heterocycles. The predicted octanol–water partition coefficient (Wildman–Crippen LogP) is 2.74. The number of amides is 1. The van der Waals surface area contributed by atoms with Crippen molar-refractivity contribution < 1.29 is 19.5 Å². The van der Waals surface area contributed by atoms with Crippen LogP contribution in [0.1, 0.15) is 44.0 Å². The van der Waals surface area contributed by atoms with Crippen molar-refractivity contribution in [2.24, 2.45) is 5.92 Å². The molecule has 0 aliphatic rings. The highest BCUT2D eigenvalue weighted by molar-refractivity contribution is 5.96. The number of carbonyl (C=O) groups excluding carboxylic acids is 2. The van der Waals surface area contributed by atoms with Gasteiger partial charge in [0.2, 0.25) is 5.91 Å². The molecular formula is C16H21NO4. The van der Waals surface area contributed by atoms with Gasteiger partial charge in [-0.15, -0.1) is 0 Å². The minimum atomic E-state index is -0.947. The van der Waals surface area contributed by atoms with Crippen molar-refractivity contribution in [3.63, 3.8) is 0 Å². The van der Waals surface area contributed by atoms with Crippen LogP contribution in [0.15, 0.2) is 24.3 Å². The van der Waals surface area contributed by atoms with Gasteiger partial charge in [0.25, 0.3) is 0 Å². The molecule has 0 radical (unpaired) electrons. The molecule has 114 valence electrons. The first-order valence-corrected chi connectivity index (χ1v) is 6.94. The molecule has 1 amide bonds. The predicted molar refractivity (Wildman–Crippen MR) is 80.5 cm³/mol. The van der Waals surface area contributed by atoms with Crippen LogP contribution in [0.2, 0.25) is 0 Å². The Balaban J connectivity index is 2.96. The standard InChI is InChI=1S/C16H21NO4/c1-11(2)10-15(19)17(9-8-16(20)21)14-6-4-13(5-7-14)12(3)18/h4-7,11H,8-10H2,1-3H3,(H,20,21). The molecule has 0 aromatic heterocycles. The van der Waals surface area contributed by atoms with E-state index in [4.69, 9.17) is 5.11 Å². The van der Waals surface area contributed by atoms with Crippen LogP contribution in [-0.2, 0) is 9.59 Å². The van der Waals surface area contributed by atoms with Crippen LogP contribution in [0.5, 0.6) is 0 Å². The third-order valence-electron chi connectivity index (χ3n) is 3.02. The van der Waals surface area contributed by atoms with E-state index in [1.807, 2.05) is 13.8 Å². The van der Waals surface area contributed by atoms with E-state index in [0.29, 0.717) is 17.7 Å². The number of Topliss-reactive ketones (excluding diaryl/α,β-unsaturated/α-hetero) is 1. The van der Waals surface area contributed by atoms with Gasteiger partial charge in [0.15, 0.2) is 5.78 Å². The number of ketones is 1. The lowest BCUT2D eigenvalue weighted by Crippen LogP contribution is -2.33. The third-order valence-corrected chi connectivity index (χ3v) is 3.02. The van der Waals surface area contributed by atoms with Crippen LogP contribution < -0.4 is 4.90 Å². The Morgan fingerprint density at radius 1 is 1.14 bits per heavy atom. The van der Waals surface area contributed by atoms with E-state index in [-0.39, 0.29) is 30.6 Å². The van der Waals surface area contributed by atoms with E-state index in [2.05, 4.69) is 0 Å². The summed E-state index contributed by atoms with van der Waals surface area (Å²) in [6.45, 7) is 5.47. The lowest BCUT2D eigenvalue weighted by molar-refractivity contribution is -0.136. The molecule has 0 bridgehead atoms. The molecule has 5 heteroatoms. The van der Waals surface area contributed by atoms with E-state index < -0.39 is 5.97 Å². The summed E-state index contributed by atoms with van der Waals surface area (Å²) in [5.74, 6) is -0.909. The smallest absolute Gasteiger partial charge is 0.305 e. The number of hydrogen-bond donors (Lipinski definition) is 1. The summed E-state index contributed by atoms with van der Waals surface area (Å²) in [5, 5.41) is 8.81. The largest absolute Gasteiger partial charge is 0.481 e. The van der Waals surface area contributed by atoms with Crippen LogP contribution in [0.3, 0.4) is 0 Å². The lowest BCUT2D eigenvalue weighted by atomic mass is 10.1. The first-order chi connectivity index (χ1) is 9.81. The summed E-state index contributed by atoms with van der Waals surface area (Å²) >= 11 is 0. The van der Waals surface area contributed by atoms with Gasteiger partial charge in [-0.05, 0) is 37.1 Å². The zero-order chi connectivity index (χ0) is 16.0. The minimum Gasteiger partial charge on any atom is -0.481 e. The average molecular weight is 291 g/mol. The second-order valence-corrected chi connectivity index (χ2v) is 5.39. The maximum Gasteiger partial charge on any atom is 0.305 e. The Hall–Kier alpha value is -2.17. The molecule has 0 aliphatic heterocycles. The van der Waals surface area contributed by atoms with Crippen molar-refractivity contribution in [3.05, 3.63) is 29.8 Å². The van der Waals surface area contributed by atoms with Crippen LogP contribution in [0, 0.1) is 5.92 Å². The molecule has 1 rings (SSSR count). The Kier molecular flexibility index (Phi) is 6.09. The Morgan fingerprint density at radius 2 is 1.71 bits per heavy atom. The first kappa shape index (κ1) is 16.9. The second kappa shape index (κ2) is 7.57. The molecular weight excluding hydrogens is 270 g/mol. The average Bonchev–Trinajstić information content (AvgIpc) is 2.38. The van der Waals surface area contributed by atoms with E-state index in [9.17, 15) is 14.4 Å². The number of carboxylic acid groups (broad SMARTS) is 1. The molecule has 0 saturated carbocycles. The van der Waals surface area contributed by atoms with E-state index >= 15 is 0 Å². The van der Waals surface area contributed by atoms with Crippen LogP contribution in [0.4, 0.5) is 5.69 Å². The fourth-order valence-electron chi connectivity index (χ4n) is 1.94. The maximum atomic E-state index is 12.3. The van der Waals surface area contributed by atoms with Crippen molar-refractivity contribution in [2.75, 3.05) is 11.4 Å². The molecule has 0 saturated heterocycles. The van der Waals surface area contributed by atoms with Crippen molar-refractivity contribution >= 4 is 23.3 Å². The Bertz CT molecular complexity index is 520. The summed E-state index contributed by atoms with van der Waals surface area (Å²) < 4.78 is 0. The molecule has 0 spiro atoms. The topological polar surface area (TPSA) is 74.7 Å². The second-order valence-electron chi connectivity index (χ2n) is 5.39. The van der Waals surface area contributed by atoms with Gasteiger partial charge in [-0.2, -0.15) is 0 Å². The van der Waals surface area contributed by atoms with Crippen molar-refractivity contribution in [1.82, 2.24) is 0 Å². The highest BCUT2D eigenvalue weighted by atomic mass is 16.4. The number of nitrogens with zero attached hydrogens (tertiary/aromatic N) is 1. The van der Waals surface area contributed by atoms with Gasteiger partial charge in [-0.1, -0.05) is 13.8 Å². The summed E-state index contributed by atoms with van der Waals surface area (Å²) in [6.07, 6.45) is 0.242. The van der Waals surface area contributed by atoms with Gasteiger partial charge >= 0.3 is 5.97 Å². The van der Waals surface area contributed by atoms with E-state index in [0.717, 1.165) is 0 Å². The summed E-state index contributed by atoms with van der Waals surface area (Å²) in [6, 6.07) is 6.65. The number of hydrogen-bond acceptors (Lipinski definition) is 3. The monoisotopic (exact) mass is 291 g/mol. The minimum absolute atomic E-state index is 0.0489. The van der Waals surface area contributed by atoms with E-state index in [1.54, 1.807) is 24.3 Å². The van der Waals surface area contributed by atoms with Crippen LogP contribution in [0.25, 0.3) is 0 Å². The van der Waals surface area contributed by atoms with Gasteiger partial charge in [-0.3, -0.25) is 14.4 Å². The molecule has 5 nitrogen and oxygen atoms in total. The van der Waals surface area contributed by atoms with Gasteiger partial charge in [-0.25, -0.2) is 0 Å². The van der Waals surface area contributed by atoms with Crippen molar-refractivity contribution in [2.45, 2.75) is 33.6 Å². The quantitative estimate of drug-likeness (QED) is 0.784. The Labute approximate surface area is 124 Å². The molecule has 1 aromatic rings. The highest BCUT2D eigenvalue weighted by Gasteiger charge is 2.18. The van der Waals surface area contributed by atoms with Gasteiger partial charge in [0.1, 0.15) is 0 Å². The summed E-state index contributed by atoms with van der Waals surface area (Å²) in [7, 11) is 0. The zero-order valence-corrected chi connectivity index (χ0v) is 12.6. The van der Waals surface area contributed by atoms with Crippen molar-refractivity contribution in [1.29, 1.82) is 0 Å². The normalized spacial score (nSPS) is 10.5. The molecule has 0 fully saturated rings. The summed E-state index contributed by atoms with van der Waals surface area (Å²) in [4.78, 5) is 35.7. The first-order valence-electron chi connectivity index (χ1n) is 6.94. The van der Waals surface area contributed by atoms with E-state index in [1.165, 1.54) is 11.8 Å². The summed E-state index contributed by atoms with van der Waals surface area (Å²) in [5.41, 5.74) is 1.18. The van der Waals surface area contributed by atoms with Gasteiger partial charge < -0.3 is 10.0 Å². The lowest BCUT2D eigenvalue weighted by Gasteiger charge is -2.23. The zero-order valence-electron chi connectivity index (χ0n) is 12.6. The number of rotatable bonds is 7. The molecule has 0 unspecified atom stereocenters. The maximum absolute atomic E-state index is 12.3. The molecule has 0 atom stereocenters.